The van der Waals surface area contributed by atoms with Gasteiger partial charge in [-0.3, -0.25) is 24.5 Å². The number of imide groups is 1. The predicted octanol–water partition coefficient (Wildman–Crippen LogP) is 4.41. The number of carbonyl (C=O) groups excluding carboxylic acids is 2. The fourth-order valence-corrected chi connectivity index (χ4v) is 4.45. The molecule has 32 heavy (non-hydrogen) atoms. The normalized spacial score (nSPS) is 22.3. The molecule has 0 radical (unpaired) electrons. The van der Waals surface area contributed by atoms with Gasteiger partial charge in [0, 0.05) is 16.6 Å². The molecule has 0 N–H and O–H groups in total. The van der Waals surface area contributed by atoms with E-state index in [0.717, 1.165) is 9.37 Å². The van der Waals surface area contributed by atoms with Crippen LogP contribution in [0.2, 0.25) is 0 Å². The number of amides is 2. The van der Waals surface area contributed by atoms with Crippen LogP contribution in [0.4, 0.5) is 17.1 Å². The van der Waals surface area contributed by atoms with Gasteiger partial charge in [0.1, 0.15) is 5.92 Å². The molecule has 3 aromatic rings. The monoisotopic (exact) mass is 493 g/mol. The molecule has 5 rings (SSSR count). The van der Waals surface area contributed by atoms with Crippen molar-refractivity contribution in [2.24, 2.45) is 5.92 Å². The van der Waals surface area contributed by atoms with Crippen LogP contribution >= 0.6 is 15.9 Å². The molecule has 0 bridgehead atoms. The molecule has 0 spiro atoms. The summed E-state index contributed by atoms with van der Waals surface area (Å²) in [7, 11) is 0. The summed E-state index contributed by atoms with van der Waals surface area (Å²) < 4.78 is 0.829. The fraction of sp³-hybridized carbons (Fsp3) is 0.130. The Bertz CT molecular complexity index is 1200. The highest BCUT2D eigenvalue weighted by Crippen LogP contribution is 2.47. The van der Waals surface area contributed by atoms with Gasteiger partial charge in [-0.15, -0.1) is 0 Å². The van der Waals surface area contributed by atoms with Crippen LogP contribution in [0.5, 0.6) is 0 Å². The van der Waals surface area contributed by atoms with Gasteiger partial charge in [-0.1, -0.05) is 46.3 Å². The third-order valence-electron chi connectivity index (χ3n) is 5.66. The highest BCUT2D eigenvalue weighted by atomic mass is 79.9. The number of carbonyl (C=O) groups is 2. The van der Waals surface area contributed by atoms with Crippen molar-refractivity contribution in [3.8, 4) is 0 Å². The van der Waals surface area contributed by atoms with Crippen molar-refractivity contribution in [3.05, 3.63) is 99.0 Å². The molecule has 0 aliphatic carbocycles. The number of para-hydroxylation sites is 1. The molecule has 0 unspecified atom stereocenters. The van der Waals surface area contributed by atoms with E-state index in [2.05, 4.69) is 15.9 Å². The first-order valence-electron chi connectivity index (χ1n) is 9.84. The van der Waals surface area contributed by atoms with Crippen molar-refractivity contribution in [1.29, 1.82) is 0 Å². The van der Waals surface area contributed by atoms with Crippen molar-refractivity contribution < 1.29 is 19.3 Å². The van der Waals surface area contributed by atoms with Gasteiger partial charge in [-0.2, -0.15) is 0 Å². The maximum atomic E-state index is 13.5. The van der Waals surface area contributed by atoms with Crippen LogP contribution < -0.4 is 9.96 Å². The average Bonchev–Trinajstić information content (AvgIpc) is 3.31. The molecule has 2 amide bonds. The molecule has 160 valence electrons. The van der Waals surface area contributed by atoms with Gasteiger partial charge < -0.3 is 0 Å². The van der Waals surface area contributed by atoms with E-state index in [-0.39, 0.29) is 11.6 Å². The van der Waals surface area contributed by atoms with Crippen LogP contribution in [0, 0.1) is 16.0 Å². The first-order valence-corrected chi connectivity index (χ1v) is 10.6. The van der Waals surface area contributed by atoms with E-state index < -0.39 is 28.9 Å². The lowest BCUT2D eigenvalue weighted by molar-refractivity contribution is -0.384. The zero-order valence-electron chi connectivity index (χ0n) is 16.5. The van der Waals surface area contributed by atoms with Gasteiger partial charge in [0.05, 0.1) is 22.3 Å². The average molecular weight is 494 g/mol. The van der Waals surface area contributed by atoms with Crippen molar-refractivity contribution in [3.63, 3.8) is 0 Å². The molecular weight excluding hydrogens is 478 g/mol. The standard InChI is InChI=1S/C23H16BrN3O5/c24-15-8-12-16(13-9-15)25-22(28)19-20(14-6-10-18(11-7-14)27(30)31)26(32-21(19)23(25)29)17-4-2-1-3-5-17/h1-13,19-21H/t19-,20-,21-/m0/s1. The smallest absolute Gasteiger partial charge is 0.269 e. The lowest BCUT2D eigenvalue weighted by Gasteiger charge is -2.28. The Kier molecular flexibility index (Phi) is 4.99. The molecule has 2 aliphatic rings. The summed E-state index contributed by atoms with van der Waals surface area (Å²) in [5.74, 6) is -1.61. The SMILES string of the molecule is O=C1[C@@H]2[C@H](ON(c3ccccc3)[C@H]2c2ccc([N+](=O)[O-])cc2)C(=O)N1c1ccc(Br)cc1. The molecule has 2 fully saturated rings. The van der Waals surface area contributed by atoms with E-state index in [1.165, 1.54) is 12.1 Å². The van der Waals surface area contributed by atoms with Crippen LogP contribution in [-0.4, -0.2) is 22.8 Å². The Hall–Kier alpha value is -3.56. The van der Waals surface area contributed by atoms with Crippen molar-refractivity contribution in [1.82, 2.24) is 0 Å². The maximum Gasteiger partial charge on any atom is 0.269 e. The third kappa shape index (κ3) is 3.26. The third-order valence-corrected chi connectivity index (χ3v) is 6.19. The highest BCUT2D eigenvalue weighted by molar-refractivity contribution is 9.10. The van der Waals surface area contributed by atoms with E-state index in [0.29, 0.717) is 16.9 Å². The molecule has 2 aliphatic heterocycles. The fourth-order valence-electron chi connectivity index (χ4n) is 4.19. The Morgan fingerprint density at radius 1 is 0.844 bits per heavy atom. The van der Waals surface area contributed by atoms with Gasteiger partial charge in [0.25, 0.3) is 11.6 Å². The summed E-state index contributed by atoms with van der Waals surface area (Å²) in [6, 6.07) is 21.4. The number of halogens is 1. The van der Waals surface area contributed by atoms with Gasteiger partial charge in [-0.25, -0.2) is 9.96 Å². The number of nitrogens with zero attached hydrogens (tertiary/aromatic N) is 3. The second-order valence-electron chi connectivity index (χ2n) is 7.49. The lowest BCUT2D eigenvalue weighted by atomic mass is 9.90. The highest BCUT2D eigenvalue weighted by Gasteiger charge is 2.60. The molecular formula is C23H16BrN3O5. The van der Waals surface area contributed by atoms with Gasteiger partial charge in [0.15, 0.2) is 6.10 Å². The Morgan fingerprint density at radius 2 is 1.50 bits per heavy atom. The summed E-state index contributed by atoms with van der Waals surface area (Å²) >= 11 is 3.36. The van der Waals surface area contributed by atoms with Gasteiger partial charge >= 0.3 is 0 Å². The summed E-state index contributed by atoms with van der Waals surface area (Å²) in [5.41, 5.74) is 1.74. The summed E-state index contributed by atoms with van der Waals surface area (Å²) in [5, 5.41) is 12.6. The van der Waals surface area contributed by atoms with Crippen molar-refractivity contribution >= 4 is 44.8 Å². The van der Waals surface area contributed by atoms with E-state index in [4.69, 9.17) is 4.84 Å². The number of hydroxylamine groups is 1. The van der Waals surface area contributed by atoms with Crippen LogP contribution in [-0.2, 0) is 14.4 Å². The van der Waals surface area contributed by atoms with E-state index in [9.17, 15) is 19.7 Å². The number of rotatable bonds is 4. The van der Waals surface area contributed by atoms with E-state index in [1.807, 2.05) is 30.3 Å². The van der Waals surface area contributed by atoms with Crippen molar-refractivity contribution in [2.75, 3.05) is 9.96 Å². The Morgan fingerprint density at radius 3 is 2.12 bits per heavy atom. The minimum Gasteiger partial charge on any atom is -0.273 e. The number of nitro benzene ring substituents is 1. The topological polar surface area (TPSA) is 93.0 Å². The molecule has 3 aromatic carbocycles. The second kappa shape index (κ2) is 7.85. The Balaban J connectivity index is 1.57. The lowest BCUT2D eigenvalue weighted by Crippen LogP contribution is -2.37. The molecule has 0 aromatic heterocycles. The van der Waals surface area contributed by atoms with Crippen LogP contribution in [0.1, 0.15) is 11.6 Å². The number of fused-ring (bicyclic) bond motifs is 1. The first-order chi connectivity index (χ1) is 15.5. The molecule has 9 heteroatoms. The van der Waals surface area contributed by atoms with Gasteiger partial charge in [-0.05, 0) is 42.0 Å². The number of benzene rings is 3. The number of hydrogen-bond donors (Lipinski definition) is 0. The molecule has 3 atom stereocenters. The van der Waals surface area contributed by atoms with Crippen LogP contribution in [0.3, 0.4) is 0 Å². The van der Waals surface area contributed by atoms with Crippen LogP contribution in [0.25, 0.3) is 0 Å². The molecule has 0 saturated carbocycles. The van der Waals surface area contributed by atoms with Crippen LogP contribution in [0.15, 0.2) is 83.3 Å². The minimum atomic E-state index is -0.994. The number of non-ortho nitro benzene ring substituents is 1. The summed E-state index contributed by atoms with van der Waals surface area (Å²) in [6.07, 6.45) is -0.994. The zero-order valence-corrected chi connectivity index (χ0v) is 18.1. The molecule has 8 nitrogen and oxygen atoms in total. The summed E-state index contributed by atoms with van der Waals surface area (Å²) in [6.45, 7) is 0. The van der Waals surface area contributed by atoms with E-state index in [1.54, 1.807) is 41.5 Å². The summed E-state index contributed by atoms with van der Waals surface area (Å²) in [4.78, 5) is 44.5. The number of nitro groups is 1. The number of hydrogen-bond acceptors (Lipinski definition) is 6. The van der Waals surface area contributed by atoms with Crippen molar-refractivity contribution in [2.45, 2.75) is 12.1 Å². The van der Waals surface area contributed by atoms with E-state index >= 15 is 0 Å². The zero-order chi connectivity index (χ0) is 22.4. The predicted molar refractivity (Wildman–Crippen MR) is 120 cm³/mol. The second-order valence-corrected chi connectivity index (χ2v) is 8.41. The quantitative estimate of drug-likeness (QED) is 0.303. The minimum absolute atomic E-state index is 0.0548. The largest absolute Gasteiger partial charge is 0.273 e. The molecule has 2 saturated heterocycles. The number of anilines is 2. The first kappa shape index (κ1) is 20.3. The maximum absolute atomic E-state index is 13.5. The van der Waals surface area contributed by atoms with Gasteiger partial charge in [0.2, 0.25) is 5.91 Å². The molecule has 2 heterocycles. The Labute approximate surface area is 191 Å².